The number of nitriles is 1. The Morgan fingerprint density at radius 2 is 2.12 bits per heavy atom. The topological polar surface area (TPSA) is 40.9 Å². The molecule has 84 valence electrons. The summed E-state index contributed by atoms with van der Waals surface area (Å²) in [6, 6.07) is 11.3. The smallest absolute Gasteiger partial charge is 0.254 e. The number of carbonyl (C=O) groups is 1. The molecule has 0 heterocycles. The van der Waals surface area contributed by atoms with Crippen LogP contribution in [0.4, 0.5) is 0 Å². The highest BCUT2D eigenvalue weighted by molar-refractivity contribution is 7.98. The number of carbonyl (C=O) groups excluding carboxylic acids is 1. The van der Waals surface area contributed by atoms with Crippen molar-refractivity contribution in [1.29, 1.82) is 5.26 Å². The van der Waals surface area contributed by atoms with Crippen molar-refractivity contribution in [3.8, 4) is 6.07 Å². The van der Waals surface area contributed by atoms with E-state index in [2.05, 4.69) is 6.07 Å². The van der Waals surface area contributed by atoms with Crippen molar-refractivity contribution in [2.24, 2.45) is 0 Å². The van der Waals surface area contributed by atoms with Crippen LogP contribution in [-0.4, -0.2) is 11.5 Å². The molecule has 0 atom stereocenters. The first-order valence-electron chi connectivity index (χ1n) is 4.88. The molecule has 0 fully saturated rings. The van der Waals surface area contributed by atoms with Crippen molar-refractivity contribution < 1.29 is 4.79 Å². The maximum Gasteiger partial charge on any atom is 0.254 e. The largest absolute Gasteiger partial charge is 0.276 e. The van der Waals surface area contributed by atoms with Gasteiger partial charge in [-0.3, -0.25) is 4.79 Å². The Labute approximate surface area is 108 Å². The van der Waals surface area contributed by atoms with Gasteiger partial charge >= 0.3 is 0 Å². The van der Waals surface area contributed by atoms with Gasteiger partial charge in [-0.1, -0.05) is 24.3 Å². The maximum absolute atomic E-state index is 11.5. The predicted molar refractivity (Wildman–Crippen MR) is 70.6 cm³/mol. The van der Waals surface area contributed by atoms with Gasteiger partial charge in [0.05, 0.1) is 11.1 Å². The summed E-state index contributed by atoms with van der Waals surface area (Å²) in [6.45, 7) is 0. The van der Waals surface area contributed by atoms with Gasteiger partial charge in [0, 0.05) is 4.90 Å². The van der Waals surface area contributed by atoms with Crippen LogP contribution in [0.2, 0.25) is 0 Å². The summed E-state index contributed by atoms with van der Waals surface area (Å²) in [5, 5.41) is 10.2. The van der Waals surface area contributed by atoms with Crippen LogP contribution in [0.15, 0.2) is 35.2 Å². The third-order valence-corrected chi connectivity index (χ3v) is 3.54. The lowest BCUT2D eigenvalue weighted by molar-refractivity contribution is 0.108. The van der Waals surface area contributed by atoms with Gasteiger partial charge in [-0.25, -0.2) is 0 Å². The van der Waals surface area contributed by atoms with E-state index in [1.165, 1.54) is 11.8 Å². The van der Waals surface area contributed by atoms with E-state index < -0.39 is 5.24 Å². The van der Waals surface area contributed by atoms with E-state index in [-0.39, 0.29) is 0 Å². The second-order valence-electron chi connectivity index (χ2n) is 3.44. The molecular formula is C13H8ClNOS. The Kier molecular flexibility index (Phi) is 3.37. The van der Waals surface area contributed by atoms with Gasteiger partial charge in [-0.2, -0.15) is 5.26 Å². The number of rotatable bonds is 2. The van der Waals surface area contributed by atoms with E-state index >= 15 is 0 Å². The summed E-state index contributed by atoms with van der Waals surface area (Å²) < 4.78 is 0. The maximum atomic E-state index is 11.5. The number of benzene rings is 2. The van der Waals surface area contributed by atoms with E-state index in [1.807, 2.05) is 30.5 Å². The summed E-state index contributed by atoms with van der Waals surface area (Å²) in [6.07, 6.45) is 1.83. The van der Waals surface area contributed by atoms with Gasteiger partial charge in [0.25, 0.3) is 5.24 Å². The first-order valence-corrected chi connectivity index (χ1v) is 6.49. The minimum Gasteiger partial charge on any atom is -0.276 e. The van der Waals surface area contributed by atoms with Crippen molar-refractivity contribution in [1.82, 2.24) is 0 Å². The molecule has 0 spiro atoms. The lowest BCUT2D eigenvalue weighted by atomic mass is 10.0. The number of thioether (sulfide) groups is 1. The molecule has 0 aliphatic rings. The molecule has 2 aromatic carbocycles. The minimum absolute atomic E-state index is 0.425. The number of fused-ring (bicyclic) bond motifs is 1. The molecule has 0 saturated heterocycles. The lowest BCUT2D eigenvalue weighted by Crippen LogP contribution is -1.97. The van der Waals surface area contributed by atoms with Gasteiger partial charge < -0.3 is 0 Å². The van der Waals surface area contributed by atoms with Crippen LogP contribution in [-0.2, 0) is 0 Å². The van der Waals surface area contributed by atoms with Crippen LogP contribution in [0.1, 0.15) is 15.9 Å². The van der Waals surface area contributed by atoms with Crippen LogP contribution in [0.25, 0.3) is 10.8 Å². The van der Waals surface area contributed by atoms with Crippen LogP contribution >= 0.6 is 23.4 Å². The summed E-state index contributed by atoms with van der Waals surface area (Å²) in [4.78, 5) is 12.2. The average Bonchev–Trinajstić information content (AvgIpc) is 2.35. The highest BCUT2D eigenvalue weighted by atomic mass is 35.5. The van der Waals surface area contributed by atoms with Crippen LogP contribution in [0.5, 0.6) is 0 Å². The second kappa shape index (κ2) is 4.79. The Morgan fingerprint density at radius 3 is 2.71 bits per heavy atom. The third-order valence-electron chi connectivity index (χ3n) is 2.52. The van der Waals surface area contributed by atoms with Crippen molar-refractivity contribution in [3.05, 3.63) is 41.5 Å². The molecule has 0 aromatic heterocycles. The number of hydrogen-bond acceptors (Lipinski definition) is 3. The fourth-order valence-electron chi connectivity index (χ4n) is 1.82. The summed E-state index contributed by atoms with van der Waals surface area (Å²) in [7, 11) is 0. The first-order chi connectivity index (χ1) is 8.19. The molecule has 2 nitrogen and oxygen atoms in total. The van der Waals surface area contributed by atoms with Crippen LogP contribution < -0.4 is 0 Å². The van der Waals surface area contributed by atoms with Crippen LogP contribution in [0.3, 0.4) is 0 Å². The molecule has 0 aliphatic heterocycles. The summed E-state index contributed by atoms with van der Waals surface area (Å²) in [5.41, 5.74) is 0.911. The van der Waals surface area contributed by atoms with Crippen molar-refractivity contribution in [3.63, 3.8) is 0 Å². The quantitative estimate of drug-likeness (QED) is 0.610. The average molecular weight is 262 g/mol. The van der Waals surface area contributed by atoms with E-state index in [1.54, 1.807) is 6.07 Å². The van der Waals surface area contributed by atoms with Gasteiger partial charge in [0.15, 0.2) is 0 Å². The van der Waals surface area contributed by atoms with Crippen LogP contribution in [0, 0.1) is 11.3 Å². The molecular weight excluding hydrogens is 254 g/mol. The molecule has 2 aromatic rings. The zero-order chi connectivity index (χ0) is 12.4. The molecule has 0 amide bonds. The zero-order valence-corrected chi connectivity index (χ0v) is 10.6. The highest BCUT2D eigenvalue weighted by Gasteiger charge is 2.17. The summed E-state index contributed by atoms with van der Waals surface area (Å²) in [5.74, 6) is 0. The summed E-state index contributed by atoms with van der Waals surface area (Å²) >= 11 is 7.00. The zero-order valence-electron chi connectivity index (χ0n) is 9.03. The Bertz CT molecular complexity index is 646. The molecule has 17 heavy (non-hydrogen) atoms. The fraction of sp³-hybridized carbons (Fsp3) is 0.0769. The van der Waals surface area contributed by atoms with Gasteiger partial charge in [-0.05, 0) is 34.7 Å². The molecule has 0 aliphatic carbocycles. The molecule has 0 bridgehead atoms. The molecule has 4 heteroatoms. The molecule has 0 saturated carbocycles. The second-order valence-corrected chi connectivity index (χ2v) is 4.60. The number of halogens is 1. The Morgan fingerprint density at radius 1 is 1.41 bits per heavy atom. The van der Waals surface area contributed by atoms with E-state index in [9.17, 15) is 4.79 Å². The highest BCUT2D eigenvalue weighted by Crippen LogP contribution is 2.32. The standard InChI is InChI=1S/C13H8ClNOS/c1-17-12-9(7-15)6-8-4-2-3-5-10(8)11(12)13(14)16/h2-6H,1H3. The molecule has 0 radical (unpaired) electrons. The first kappa shape index (κ1) is 12.0. The van der Waals surface area contributed by atoms with Crippen molar-refractivity contribution >= 4 is 39.4 Å². The number of hydrogen-bond donors (Lipinski definition) is 0. The Hall–Kier alpha value is -1.50. The monoisotopic (exact) mass is 261 g/mol. The van der Waals surface area contributed by atoms with Gasteiger partial charge in [0.1, 0.15) is 6.07 Å². The normalized spacial score (nSPS) is 10.2. The molecule has 0 unspecified atom stereocenters. The minimum atomic E-state index is -0.525. The predicted octanol–water partition coefficient (Wildman–Crippen LogP) is 3.81. The number of nitrogens with zero attached hydrogens (tertiary/aromatic N) is 1. The van der Waals surface area contributed by atoms with E-state index in [0.29, 0.717) is 16.0 Å². The van der Waals surface area contributed by atoms with Gasteiger partial charge in [0.2, 0.25) is 0 Å². The Balaban J connectivity index is 2.97. The van der Waals surface area contributed by atoms with Crippen molar-refractivity contribution in [2.75, 3.05) is 6.26 Å². The lowest BCUT2D eigenvalue weighted by Gasteiger charge is -2.09. The van der Waals surface area contributed by atoms with E-state index in [4.69, 9.17) is 16.9 Å². The third kappa shape index (κ3) is 2.02. The fourth-order valence-corrected chi connectivity index (χ4v) is 2.80. The molecule has 0 N–H and O–H groups in total. The SMILES string of the molecule is CSc1c(C#N)cc2ccccc2c1C(=O)Cl. The van der Waals surface area contributed by atoms with Crippen molar-refractivity contribution in [2.45, 2.75) is 4.90 Å². The molecule has 2 rings (SSSR count). The van der Waals surface area contributed by atoms with Gasteiger partial charge in [-0.15, -0.1) is 11.8 Å². The van der Waals surface area contributed by atoms with E-state index in [0.717, 1.165) is 10.8 Å².